The lowest BCUT2D eigenvalue weighted by atomic mass is 10.0. The number of carbonyl (C=O) groups excluding carboxylic acids is 1. The normalized spacial score (nSPS) is 11.9. The zero-order chi connectivity index (χ0) is 21.8. The predicted molar refractivity (Wildman–Crippen MR) is 114 cm³/mol. The maximum Gasteiger partial charge on any atom is 0.262 e. The number of hydrogen-bond acceptors (Lipinski definition) is 5. The molecule has 0 amide bonds. The number of carboxylic acid groups (broad SMARTS) is 1. The van der Waals surface area contributed by atoms with Crippen molar-refractivity contribution in [3.8, 4) is 0 Å². The van der Waals surface area contributed by atoms with Crippen LogP contribution in [-0.4, -0.2) is 14.4 Å². The minimum Gasteiger partial charge on any atom is -0.545 e. The monoisotopic (exact) mass is 422 g/mol. The van der Waals surface area contributed by atoms with Crippen LogP contribution in [0, 0.1) is 27.7 Å². The molecule has 0 bridgehead atoms. The lowest BCUT2D eigenvalue weighted by Crippen LogP contribution is -2.22. The van der Waals surface area contributed by atoms with Gasteiger partial charge in [-0.3, -0.25) is 4.72 Å². The second kappa shape index (κ2) is 6.88. The Bertz CT molecular complexity index is 1450. The van der Waals surface area contributed by atoms with Crippen molar-refractivity contribution in [1.29, 1.82) is 0 Å². The number of benzene rings is 3. The topological polar surface area (TPSA) is 99.4 Å². The molecule has 0 radical (unpaired) electrons. The summed E-state index contributed by atoms with van der Waals surface area (Å²) in [6.07, 6.45) is 0. The number of anilines is 1. The highest BCUT2D eigenvalue weighted by atomic mass is 32.2. The quantitative estimate of drug-likeness (QED) is 0.536. The highest BCUT2D eigenvalue weighted by Gasteiger charge is 2.22. The zero-order valence-corrected chi connectivity index (χ0v) is 17.8. The van der Waals surface area contributed by atoms with Gasteiger partial charge in [0.25, 0.3) is 10.0 Å². The predicted octanol–water partition coefficient (Wildman–Crippen LogP) is 3.98. The van der Waals surface area contributed by atoms with E-state index in [-0.39, 0.29) is 21.9 Å². The highest BCUT2D eigenvalue weighted by Crippen LogP contribution is 2.37. The molecule has 7 heteroatoms. The molecule has 154 valence electrons. The van der Waals surface area contributed by atoms with Crippen molar-refractivity contribution in [3.63, 3.8) is 0 Å². The SMILES string of the molecule is Cc1cc(C)c(S(=O)(=O)Nc2cc3c(C(=O)[O-])c(C)oc3c3ccccc23)cc1C. The molecule has 0 aliphatic carbocycles. The van der Waals surface area contributed by atoms with Crippen molar-refractivity contribution in [3.05, 3.63) is 70.5 Å². The van der Waals surface area contributed by atoms with Crippen molar-refractivity contribution in [2.24, 2.45) is 0 Å². The Kier molecular flexibility index (Phi) is 4.58. The van der Waals surface area contributed by atoms with E-state index < -0.39 is 16.0 Å². The van der Waals surface area contributed by atoms with E-state index in [1.165, 1.54) is 6.07 Å². The van der Waals surface area contributed by atoms with Gasteiger partial charge in [-0.05, 0) is 56.5 Å². The summed E-state index contributed by atoms with van der Waals surface area (Å²) >= 11 is 0. The second-order valence-electron chi connectivity index (χ2n) is 7.47. The molecule has 4 rings (SSSR count). The maximum atomic E-state index is 13.2. The summed E-state index contributed by atoms with van der Waals surface area (Å²) in [5.74, 6) is -1.17. The van der Waals surface area contributed by atoms with Crippen molar-refractivity contribution in [2.75, 3.05) is 4.72 Å². The van der Waals surface area contributed by atoms with Crippen LogP contribution >= 0.6 is 0 Å². The average Bonchev–Trinajstić information content (AvgIpc) is 3.00. The summed E-state index contributed by atoms with van der Waals surface area (Å²) in [5.41, 5.74) is 3.08. The van der Waals surface area contributed by atoms with Gasteiger partial charge in [-0.1, -0.05) is 30.3 Å². The molecule has 1 N–H and O–H groups in total. The third kappa shape index (κ3) is 3.11. The summed E-state index contributed by atoms with van der Waals surface area (Å²) < 4.78 is 34.8. The highest BCUT2D eigenvalue weighted by molar-refractivity contribution is 7.92. The Labute approximate surface area is 174 Å². The van der Waals surface area contributed by atoms with Crippen LogP contribution in [0.3, 0.4) is 0 Å². The minimum atomic E-state index is -3.91. The van der Waals surface area contributed by atoms with Gasteiger partial charge < -0.3 is 14.3 Å². The molecule has 0 atom stereocenters. The van der Waals surface area contributed by atoms with Gasteiger partial charge in [0.15, 0.2) is 0 Å². The summed E-state index contributed by atoms with van der Waals surface area (Å²) in [5, 5.41) is 13.2. The summed E-state index contributed by atoms with van der Waals surface area (Å²) in [6, 6.07) is 12.1. The van der Waals surface area contributed by atoms with Crippen LogP contribution in [0.4, 0.5) is 5.69 Å². The molecule has 0 aliphatic rings. The summed E-state index contributed by atoms with van der Waals surface area (Å²) in [4.78, 5) is 11.8. The Morgan fingerprint density at radius 2 is 1.53 bits per heavy atom. The Morgan fingerprint density at radius 1 is 0.900 bits per heavy atom. The molecule has 1 aromatic heterocycles. The van der Waals surface area contributed by atoms with Gasteiger partial charge in [-0.25, -0.2) is 8.42 Å². The third-order valence-corrected chi connectivity index (χ3v) is 6.91. The molecule has 0 spiro atoms. The number of carboxylic acids is 1. The van der Waals surface area contributed by atoms with Crippen molar-refractivity contribution in [1.82, 2.24) is 0 Å². The number of aromatic carboxylic acids is 1. The molecular weight excluding hydrogens is 402 g/mol. The molecule has 30 heavy (non-hydrogen) atoms. The van der Waals surface area contributed by atoms with E-state index in [0.717, 1.165) is 11.1 Å². The van der Waals surface area contributed by atoms with Gasteiger partial charge in [0, 0.05) is 21.7 Å². The van der Waals surface area contributed by atoms with Crippen molar-refractivity contribution < 1.29 is 22.7 Å². The number of hydrogen-bond donors (Lipinski definition) is 1. The molecule has 0 fully saturated rings. The molecule has 1 heterocycles. The first-order valence-corrected chi connectivity index (χ1v) is 10.9. The van der Waals surface area contributed by atoms with Crippen molar-refractivity contribution in [2.45, 2.75) is 32.6 Å². The van der Waals surface area contributed by atoms with Crippen LogP contribution in [0.2, 0.25) is 0 Å². The van der Waals surface area contributed by atoms with Gasteiger partial charge in [0.1, 0.15) is 11.3 Å². The van der Waals surface area contributed by atoms with E-state index in [1.54, 1.807) is 44.2 Å². The Balaban J connectivity index is 1.97. The van der Waals surface area contributed by atoms with Gasteiger partial charge in [0.05, 0.1) is 16.6 Å². The number of furan rings is 1. The Morgan fingerprint density at radius 3 is 2.20 bits per heavy atom. The number of carbonyl (C=O) groups is 1. The fourth-order valence-electron chi connectivity index (χ4n) is 3.80. The minimum absolute atomic E-state index is 0.0847. The zero-order valence-electron chi connectivity index (χ0n) is 17.0. The first-order valence-electron chi connectivity index (χ1n) is 9.37. The van der Waals surface area contributed by atoms with E-state index in [2.05, 4.69) is 4.72 Å². The summed E-state index contributed by atoms with van der Waals surface area (Å²) in [6.45, 7) is 7.07. The van der Waals surface area contributed by atoms with Crippen LogP contribution < -0.4 is 9.83 Å². The van der Waals surface area contributed by atoms with E-state index >= 15 is 0 Å². The van der Waals surface area contributed by atoms with Gasteiger partial charge in [-0.2, -0.15) is 0 Å². The number of fused-ring (bicyclic) bond motifs is 3. The maximum absolute atomic E-state index is 13.2. The van der Waals surface area contributed by atoms with Crippen LogP contribution in [0.5, 0.6) is 0 Å². The van der Waals surface area contributed by atoms with E-state index in [0.29, 0.717) is 27.3 Å². The molecule has 0 unspecified atom stereocenters. The molecule has 3 aromatic carbocycles. The second-order valence-corrected chi connectivity index (χ2v) is 9.13. The molecular formula is C23H20NO5S-. The van der Waals surface area contributed by atoms with E-state index in [1.807, 2.05) is 19.9 Å². The van der Waals surface area contributed by atoms with Gasteiger partial charge >= 0.3 is 0 Å². The van der Waals surface area contributed by atoms with Gasteiger partial charge in [-0.15, -0.1) is 0 Å². The Hall–Kier alpha value is -3.32. The van der Waals surface area contributed by atoms with Crippen LogP contribution in [0.1, 0.15) is 32.8 Å². The lowest BCUT2D eigenvalue weighted by molar-refractivity contribution is -0.254. The van der Waals surface area contributed by atoms with E-state index in [9.17, 15) is 18.3 Å². The van der Waals surface area contributed by atoms with Gasteiger partial charge in [0.2, 0.25) is 0 Å². The molecule has 4 aromatic rings. The first kappa shape index (κ1) is 20.0. The fourth-order valence-corrected chi connectivity index (χ4v) is 5.18. The molecule has 0 saturated heterocycles. The largest absolute Gasteiger partial charge is 0.545 e. The first-order chi connectivity index (χ1) is 14.1. The lowest BCUT2D eigenvalue weighted by Gasteiger charge is -2.15. The average molecular weight is 422 g/mol. The molecule has 6 nitrogen and oxygen atoms in total. The van der Waals surface area contributed by atoms with E-state index in [4.69, 9.17) is 4.42 Å². The molecule has 0 aliphatic heterocycles. The van der Waals surface area contributed by atoms with Crippen LogP contribution in [-0.2, 0) is 10.0 Å². The van der Waals surface area contributed by atoms with Crippen LogP contribution in [0.25, 0.3) is 21.7 Å². The third-order valence-electron chi connectivity index (χ3n) is 5.40. The number of sulfonamides is 1. The number of rotatable bonds is 4. The number of nitrogens with one attached hydrogen (secondary N) is 1. The van der Waals surface area contributed by atoms with Crippen molar-refractivity contribution >= 4 is 43.4 Å². The standard InChI is InChI=1S/C23H21NO5S/c1-12-9-14(3)20(10-13(12)2)30(27,28)24-19-11-18-21(23(25)26)15(4)29-22(18)17-8-6-5-7-16(17)19/h5-11,24H,1-4H3,(H,25,26)/p-1. The smallest absolute Gasteiger partial charge is 0.262 e. The summed E-state index contributed by atoms with van der Waals surface area (Å²) in [7, 11) is -3.91. The fraction of sp³-hybridized carbons (Fsp3) is 0.174. The number of aryl methyl sites for hydroxylation is 4. The van der Waals surface area contributed by atoms with Crippen LogP contribution in [0.15, 0.2) is 51.8 Å². The molecule has 0 saturated carbocycles.